The first-order valence-electron chi connectivity index (χ1n) is 4.32. The fraction of sp³-hybridized carbons (Fsp3) is 1.00. The van der Waals surface area contributed by atoms with Gasteiger partial charge in [0, 0.05) is 0 Å². The van der Waals surface area contributed by atoms with E-state index in [2.05, 4.69) is 0 Å². The third-order valence-corrected chi connectivity index (χ3v) is 3.00. The van der Waals surface area contributed by atoms with Gasteiger partial charge < -0.3 is 5.73 Å². The molecule has 0 aromatic heterocycles. The van der Waals surface area contributed by atoms with Crippen LogP contribution in [0, 0.1) is 11.8 Å². The van der Waals surface area contributed by atoms with Crippen molar-refractivity contribution in [3.05, 3.63) is 0 Å². The van der Waals surface area contributed by atoms with Gasteiger partial charge >= 0.3 is 6.18 Å². The lowest BCUT2D eigenvalue weighted by atomic mass is 9.88. The SMILES string of the molecule is NC(C1CC1)(C1CC1)C(F)(F)F. The molecular formula is C8H12F3N. The normalized spacial score (nSPS) is 26.0. The molecule has 0 aromatic carbocycles. The summed E-state index contributed by atoms with van der Waals surface area (Å²) in [4.78, 5) is 0. The van der Waals surface area contributed by atoms with Crippen LogP contribution in [0.3, 0.4) is 0 Å². The Kier molecular flexibility index (Phi) is 1.50. The number of hydrogen-bond acceptors (Lipinski definition) is 1. The van der Waals surface area contributed by atoms with Crippen LogP contribution in [-0.2, 0) is 0 Å². The highest BCUT2D eigenvalue weighted by Gasteiger charge is 2.66. The molecule has 0 spiro atoms. The molecule has 0 amide bonds. The zero-order valence-electron chi connectivity index (χ0n) is 6.69. The van der Waals surface area contributed by atoms with Gasteiger partial charge in [-0.1, -0.05) is 0 Å². The lowest BCUT2D eigenvalue weighted by Gasteiger charge is -2.32. The van der Waals surface area contributed by atoms with Crippen molar-refractivity contribution in [2.75, 3.05) is 0 Å². The highest BCUT2D eigenvalue weighted by molar-refractivity contribution is 5.11. The van der Waals surface area contributed by atoms with Crippen LogP contribution in [0.15, 0.2) is 0 Å². The maximum absolute atomic E-state index is 12.6. The van der Waals surface area contributed by atoms with Crippen LogP contribution in [0.25, 0.3) is 0 Å². The van der Waals surface area contributed by atoms with Gasteiger partial charge in [0.2, 0.25) is 0 Å². The third-order valence-electron chi connectivity index (χ3n) is 3.00. The van der Waals surface area contributed by atoms with Crippen LogP contribution in [0.2, 0.25) is 0 Å². The molecule has 2 rings (SSSR count). The van der Waals surface area contributed by atoms with E-state index < -0.39 is 11.7 Å². The van der Waals surface area contributed by atoms with Crippen molar-refractivity contribution in [1.29, 1.82) is 0 Å². The van der Waals surface area contributed by atoms with Crippen molar-refractivity contribution in [1.82, 2.24) is 0 Å². The first kappa shape index (κ1) is 8.35. The minimum absolute atomic E-state index is 0.287. The van der Waals surface area contributed by atoms with Crippen LogP contribution < -0.4 is 5.73 Å². The van der Waals surface area contributed by atoms with E-state index >= 15 is 0 Å². The van der Waals surface area contributed by atoms with E-state index in [0.717, 1.165) is 0 Å². The monoisotopic (exact) mass is 179 g/mol. The molecule has 12 heavy (non-hydrogen) atoms. The predicted octanol–water partition coefficient (Wildman–Crippen LogP) is 2.07. The van der Waals surface area contributed by atoms with E-state index in [0.29, 0.717) is 25.7 Å². The summed E-state index contributed by atoms with van der Waals surface area (Å²) in [5.74, 6) is -0.574. The van der Waals surface area contributed by atoms with Crippen LogP contribution in [-0.4, -0.2) is 11.7 Å². The molecule has 0 saturated heterocycles. The van der Waals surface area contributed by atoms with Gasteiger partial charge in [-0.2, -0.15) is 13.2 Å². The number of halogens is 3. The molecule has 0 atom stereocenters. The average molecular weight is 179 g/mol. The Morgan fingerprint density at radius 3 is 1.42 bits per heavy atom. The van der Waals surface area contributed by atoms with Gasteiger partial charge in [-0.05, 0) is 37.5 Å². The van der Waals surface area contributed by atoms with E-state index in [1.165, 1.54) is 0 Å². The Balaban J connectivity index is 2.20. The first-order valence-corrected chi connectivity index (χ1v) is 4.32. The first-order chi connectivity index (χ1) is 5.46. The number of hydrogen-bond donors (Lipinski definition) is 1. The third kappa shape index (κ3) is 1.04. The summed E-state index contributed by atoms with van der Waals surface area (Å²) < 4.78 is 37.7. The standard InChI is InChI=1S/C8H12F3N/c9-8(10,11)7(12,5-1-2-5)6-3-4-6/h5-6H,1-4,12H2. The zero-order valence-corrected chi connectivity index (χ0v) is 6.69. The van der Waals surface area contributed by atoms with E-state index in [-0.39, 0.29) is 11.8 Å². The smallest absolute Gasteiger partial charge is 0.317 e. The molecule has 2 N–H and O–H groups in total. The van der Waals surface area contributed by atoms with Gasteiger partial charge in [-0.15, -0.1) is 0 Å². The van der Waals surface area contributed by atoms with Crippen LogP contribution >= 0.6 is 0 Å². The highest BCUT2D eigenvalue weighted by atomic mass is 19.4. The van der Waals surface area contributed by atoms with Gasteiger partial charge in [-0.25, -0.2) is 0 Å². The average Bonchev–Trinajstić information content (AvgIpc) is 2.79. The fourth-order valence-electron chi connectivity index (χ4n) is 1.92. The van der Waals surface area contributed by atoms with Crippen LogP contribution in [0.1, 0.15) is 25.7 Å². The Labute approximate surface area is 69.1 Å². The topological polar surface area (TPSA) is 26.0 Å². The number of alkyl halides is 3. The van der Waals surface area contributed by atoms with Crippen molar-refractivity contribution >= 4 is 0 Å². The second-order valence-electron chi connectivity index (χ2n) is 3.98. The highest BCUT2D eigenvalue weighted by Crippen LogP contribution is 2.57. The summed E-state index contributed by atoms with van der Waals surface area (Å²) in [6.07, 6.45) is -1.56. The number of nitrogens with two attached hydrogens (primary N) is 1. The van der Waals surface area contributed by atoms with E-state index in [4.69, 9.17) is 5.73 Å². The summed E-state index contributed by atoms with van der Waals surface area (Å²) in [5.41, 5.74) is 3.62. The summed E-state index contributed by atoms with van der Waals surface area (Å²) in [7, 11) is 0. The lowest BCUT2D eigenvalue weighted by Crippen LogP contribution is -2.57. The van der Waals surface area contributed by atoms with E-state index in [1.807, 2.05) is 0 Å². The molecule has 0 radical (unpaired) electrons. The largest absolute Gasteiger partial charge is 0.406 e. The van der Waals surface area contributed by atoms with Gasteiger partial charge in [-0.3, -0.25) is 0 Å². The summed E-state index contributed by atoms with van der Waals surface area (Å²) in [6.45, 7) is 0. The second kappa shape index (κ2) is 2.16. The summed E-state index contributed by atoms with van der Waals surface area (Å²) in [6, 6.07) is 0. The zero-order chi connectivity index (χ0) is 8.98. The Morgan fingerprint density at radius 2 is 1.25 bits per heavy atom. The van der Waals surface area contributed by atoms with Gasteiger partial charge in [0.15, 0.2) is 0 Å². The van der Waals surface area contributed by atoms with Crippen molar-refractivity contribution in [2.24, 2.45) is 17.6 Å². The Hall–Kier alpha value is -0.250. The molecule has 0 heterocycles. The maximum atomic E-state index is 12.6. The van der Waals surface area contributed by atoms with Crippen molar-refractivity contribution in [2.45, 2.75) is 37.4 Å². The second-order valence-corrected chi connectivity index (χ2v) is 3.98. The molecule has 2 aliphatic carbocycles. The molecule has 0 aromatic rings. The lowest BCUT2D eigenvalue weighted by molar-refractivity contribution is -0.198. The molecule has 0 unspecified atom stereocenters. The van der Waals surface area contributed by atoms with Gasteiger partial charge in [0.25, 0.3) is 0 Å². The van der Waals surface area contributed by atoms with Crippen LogP contribution in [0.4, 0.5) is 13.2 Å². The fourth-order valence-corrected chi connectivity index (χ4v) is 1.92. The van der Waals surface area contributed by atoms with Crippen molar-refractivity contribution in [3.63, 3.8) is 0 Å². The number of rotatable bonds is 2. The van der Waals surface area contributed by atoms with Gasteiger partial charge in [0.1, 0.15) is 5.54 Å². The minimum Gasteiger partial charge on any atom is -0.317 e. The molecular weight excluding hydrogens is 167 g/mol. The minimum atomic E-state index is -4.20. The summed E-state index contributed by atoms with van der Waals surface area (Å²) in [5, 5.41) is 0. The maximum Gasteiger partial charge on any atom is 0.406 e. The van der Waals surface area contributed by atoms with Crippen LogP contribution in [0.5, 0.6) is 0 Å². The molecule has 4 heteroatoms. The molecule has 2 fully saturated rings. The van der Waals surface area contributed by atoms with E-state index in [9.17, 15) is 13.2 Å². The predicted molar refractivity (Wildman–Crippen MR) is 38.4 cm³/mol. The molecule has 2 aliphatic rings. The summed E-state index contributed by atoms with van der Waals surface area (Å²) >= 11 is 0. The Bertz CT molecular complexity index is 179. The van der Waals surface area contributed by atoms with Crippen molar-refractivity contribution in [3.8, 4) is 0 Å². The van der Waals surface area contributed by atoms with Crippen molar-refractivity contribution < 1.29 is 13.2 Å². The molecule has 0 aliphatic heterocycles. The molecule has 2 saturated carbocycles. The molecule has 70 valence electrons. The molecule has 1 nitrogen and oxygen atoms in total. The molecule has 0 bridgehead atoms. The Morgan fingerprint density at radius 1 is 0.917 bits per heavy atom. The van der Waals surface area contributed by atoms with E-state index in [1.54, 1.807) is 0 Å². The quantitative estimate of drug-likeness (QED) is 0.689. The van der Waals surface area contributed by atoms with Gasteiger partial charge in [0.05, 0.1) is 0 Å².